The molecule has 1 saturated carbocycles. The summed E-state index contributed by atoms with van der Waals surface area (Å²) in [6, 6.07) is 0. The maximum atomic E-state index is 5.93. The topological polar surface area (TPSA) is 47.1 Å². The van der Waals surface area contributed by atoms with Crippen molar-refractivity contribution in [2.24, 2.45) is 18.2 Å². The molecule has 2 N–H and O–H groups in total. The summed E-state index contributed by atoms with van der Waals surface area (Å²) in [6.45, 7) is 6.47. The average Bonchev–Trinajstić information content (AvgIpc) is 3.04. The highest BCUT2D eigenvalue weighted by atomic mass is 15.3. The van der Waals surface area contributed by atoms with Crippen molar-refractivity contribution in [3.63, 3.8) is 0 Å². The van der Waals surface area contributed by atoms with Crippen molar-refractivity contribution in [2.75, 3.05) is 19.6 Å². The highest BCUT2D eigenvalue weighted by Crippen LogP contribution is 2.35. The maximum Gasteiger partial charge on any atom is 0.0700 e. The van der Waals surface area contributed by atoms with E-state index in [1.54, 1.807) is 0 Å². The van der Waals surface area contributed by atoms with Gasteiger partial charge in [0.2, 0.25) is 0 Å². The van der Waals surface area contributed by atoms with E-state index in [-0.39, 0.29) is 0 Å². The summed E-state index contributed by atoms with van der Waals surface area (Å²) < 4.78 is 2.01. The third kappa shape index (κ3) is 3.32. The number of hydrogen-bond acceptors (Lipinski definition) is 3. The summed E-state index contributed by atoms with van der Waals surface area (Å²) in [6.07, 6.45) is 10.3. The molecule has 2 heterocycles. The molecule has 1 unspecified atom stereocenters. The van der Waals surface area contributed by atoms with Crippen molar-refractivity contribution >= 4 is 0 Å². The maximum absolute atomic E-state index is 5.93. The molecule has 3 rings (SSSR count). The van der Waals surface area contributed by atoms with E-state index in [0.29, 0.717) is 11.3 Å². The van der Waals surface area contributed by atoms with Crippen molar-refractivity contribution in [1.82, 2.24) is 14.7 Å². The molecule has 1 aromatic rings. The zero-order valence-electron chi connectivity index (χ0n) is 13.6. The van der Waals surface area contributed by atoms with E-state index in [0.717, 1.165) is 19.6 Å². The summed E-state index contributed by atoms with van der Waals surface area (Å²) in [5, 5.41) is 4.80. The van der Waals surface area contributed by atoms with Gasteiger partial charge in [0.15, 0.2) is 0 Å². The predicted molar refractivity (Wildman–Crippen MR) is 86.1 cm³/mol. The molecule has 0 spiro atoms. The number of aromatic nitrogens is 2. The van der Waals surface area contributed by atoms with E-state index < -0.39 is 0 Å². The lowest BCUT2D eigenvalue weighted by molar-refractivity contribution is 0.273. The van der Waals surface area contributed by atoms with Crippen LogP contribution in [0.4, 0.5) is 0 Å². The Hall–Kier alpha value is -0.870. The van der Waals surface area contributed by atoms with Crippen LogP contribution in [0.5, 0.6) is 0 Å². The molecule has 0 amide bonds. The Balaban J connectivity index is 1.71. The molecule has 1 saturated heterocycles. The highest BCUT2D eigenvalue weighted by molar-refractivity contribution is 5.22. The van der Waals surface area contributed by atoms with Gasteiger partial charge in [0.25, 0.3) is 0 Å². The molecule has 2 aliphatic rings. The molecule has 0 radical (unpaired) electrons. The van der Waals surface area contributed by atoms with Crippen LogP contribution in [0.15, 0.2) is 6.20 Å². The SMILES string of the molecule is Cn1cc(CN2CCC(C)(CN)C2)c(C2CCCCC2)n1. The van der Waals surface area contributed by atoms with Gasteiger partial charge in [-0.1, -0.05) is 26.2 Å². The standard InChI is InChI=1S/C17H30N4/c1-17(12-18)8-9-21(13-17)11-15-10-20(2)19-16(15)14-6-4-3-5-7-14/h10,14H,3-9,11-13,18H2,1-2H3. The lowest BCUT2D eigenvalue weighted by atomic mass is 9.85. The summed E-state index contributed by atoms with van der Waals surface area (Å²) in [5.41, 5.74) is 9.07. The molecular formula is C17H30N4. The van der Waals surface area contributed by atoms with E-state index in [2.05, 4.69) is 25.1 Å². The first kappa shape index (κ1) is 15.0. The van der Waals surface area contributed by atoms with Crippen molar-refractivity contribution in [3.05, 3.63) is 17.5 Å². The molecule has 0 aromatic carbocycles. The Kier molecular flexibility index (Phi) is 4.36. The first-order valence-corrected chi connectivity index (χ1v) is 8.54. The largest absolute Gasteiger partial charge is 0.330 e. The molecule has 1 atom stereocenters. The normalized spacial score (nSPS) is 28.3. The molecule has 0 bridgehead atoms. The van der Waals surface area contributed by atoms with E-state index in [1.165, 1.54) is 56.3 Å². The van der Waals surface area contributed by atoms with Gasteiger partial charge in [0.1, 0.15) is 0 Å². The van der Waals surface area contributed by atoms with Crippen LogP contribution in [0.1, 0.15) is 62.6 Å². The van der Waals surface area contributed by atoms with Crippen molar-refractivity contribution < 1.29 is 0 Å². The number of rotatable bonds is 4. The predicted octanol–water partition coefficient (Wildman–Crippen LogP) is 2.64. The molecule has 1 aromatic heterocycles. The molecule has 1 aliphatic heterocycles. The van der Waals surface area contributed by atoms with Crippen molar-refractivity contribution in [3.8, 4) is 0 Å². The van der Waals surface area contributed by atoms with Crippen molar-refractivity contribution in [1.29, 1.82) is 0 Å². The van der Waals surface area contributed by atoms with Crippen LogP contribution in [0.3, 0.4) is 0 Å². The quantitative estimate of drug-likeness (QED) is 0.927. The van der Waals surface area contributed by atoms with E-state index in [1.807, 2.05) is 4.68 Å². The minimum atomic E-state index is 0.313. The summed E-state index contributed by atoms with van der Waals surface area (Å²) >= 11 is 0. The van der Waals surface area contributed by atoms with Gasteiger partial charge in [0, 0.05) is 37.8 Å². The first-order chi connectivity index (χ1) is 10.1. The summed E-state index contributed by atoms with van der Waals surface area (Å²) in [5.74, 6) is 0.693. The lowest BCUT2D eigenvalue weighted by Crippen LogP contribution is -2.31. The number of nitrogens with two attached hydrogens (primary N) is 1. The average molecular weight is 290 g/mol. The second kappa shape index (κ2) is 6.09. The second-order valence-electron chi connectivity index (χ2n) is 7.52. The zero-order chi connectivity index (χ0) is 14.9. The Morgan fingerprint density at radius 3 is 2.76 bits per heavy atom. The van der Waals surface area contributed by atoms with Gasteiger partial charge >= 0.3 is 0 Å². The van der Waals surface area contributed by atoms with Crippen LogP contribution in [0.2, 0.25) is 0 Å². The van der Waals surface area contributed by atoms with Crippen molar-refractivity contribution in [2.45, 2.75) is 57.9 Å². The Bertz CT molecular complexity index is 475. The summed E-state index contributed by atoms with van der Waals surface area (Å²) in [4.78, 5) is 2.57. The Labute approximate surface area is 128 Å². The zero-order valence-corrected chi connectivity index (χ0v) is 13.6. The van der Waals surface area contributed by atoms with Crippen LogP contribution >= 0.6 is 0 Å². The minimum Gasteiger partial charge on any atom is -0.330 e. The number of nitrogens with zero attached hydrogens (tertiary/aromatic N) is 3. The van der Waals surface area contributed by atoms with E-state index in [9.17, 15) is 0 Å². The van der Waals surface area contributed by atoms with E-state index >= 15 is 0 Å². The number of aryl methyl sites for hydroxylation is 1. The van der Waals surface area contributed by atoms with Gasteiger partial charge < -0.3 is 5.73 Å². The lowest BCUT2D eigenvalue weighted by Gasteiger charge is -2.24. The van der Waals surface area contributed by atoms with E-state index in [4.69, 9.17) is 10.8 Å². The van der Waals surface area contributed by atoms with Gasteiger partial charge in [-0.25, -0.2) is 0 Å². The molecule has 4 nitrogen and oxygen atoms in total. The van der Waals surface area contributed by atoms with Crippen LogP contribution < -0.4 is 5.73 Å². The fraction of sp³-hybridized carbons (Fsp3) is 0.824. The van der Waals surface area contributed by atoms with Gasteiger partial charge in [-0.15, -0.1) is 0 Å². The second-order valence-corrected chi connectivity index (χ2v) is 7.52. The van der Waals surface area contributed by atoms with Crippen LogP contribution in [0, 0.1) is 5.41 Å². The first-order valence-electron chi connectivity index (χ1n) is 8.54. The van der Waals surface area contributed by atoms with Gasteiger partial charge in [-0.3, -0.25) is 9.58 Å². The number of likely N-dealkylation sites (tertiary alicyclic amines) is 1. The monoisotopic (exact) mass is 290 g/mol. The molecular weight excluding hydrogens is 260 g/mol. The molecule has 21 heavy (non-hydrogen) atoms. The third-order valence-corrected chi connectivity index (χ3v) is 5.45. The van der Waals surface area contributed by atoms with Gasteiger partial charge in [0.05, 0.1) is 5.69 Å². The molecule has 2 fully saturated rings. The Morgan fingerprint density at radius 1 is 1.33 bits per heavy atom. The Morgan fingerprint density at radius 2 is 2.10 bits per heavy atom. The fourth-order valence-corrected chi connectivity index (χ4v) is 4.06. The molecule has 118 valence electrons. The van der Waals surface area contributed by atoms with Crippen LogP contribution in [0.25, 0.3) is 0 Å². The molecule has 1 aliphatic carbocycles. The smallest absolute Gasteiger partial charge is 0.0700 e. The molecule has 4 heteroatoms. The van der Waals surface area contributed by atoms with Crippen LogP contribution in [-0.2, 0) is 13.6 Å². The fourth-order valence-electron chi connectivity index (χ4n) is 4.06. The minimum absolute atomic E-state index is 0.313. The van der Waals surface area contributed by atoms with Gasteiger partial charge in [-0.2, -0.15) is 5.10 Å². The highest BCUT2D eigenvalue weighted by Gasteiger charge is 2.33. The number of hydrogen-bond donors (Lipinski definition) is 1. The van der Waals surface area contributed by atoms with Crippen LogP contribution in [-0.4, -0.2) is 34.3 Å². The summed E-state index contributed by atoms with van der Waals surface area (Å²) in [7, 11) is 2.06. The van der Waals surface area contributed by atoms with Gasteiger partial charge in [-0.05, 0) is 37.8 Å². The third-order valence-electron chi connectivity index (χ3n) is 5.45.